The van der Waals surface area contributed by atoms with E-state index in [1.807, 2.05) is 0 Å². The molecule has 21 heavy (non-hydrogen) atoms. The smallest absolute Gasteiger partial charge is 0.407 e. The van der Waals surface area contributed by atoms with Crippen LogP contribution in [0.5, 0.6) is 0 Å². The fourth-order valence-electron chi connectivity index (χ4n) is 1.61. The quantitative estimate of drug-likeness (QED) is 0.829. The monoisotopic (exact) mass is 294 g/mol. The van der Waals surface area contributed by atoms with Gasteiger partial charge in [0.05, 0.1) is 12.7 Å². The van der Waals surface area contributed by atoms with Gasteiger partial charge in [0.2, 0.25) is 0 Å². The van der Waals surface area contributed by atoms with Crippen molar-refractivity contribution in [2.45, 2.75) is 32.4 Å². The van der Waals surface area contributed by atoms with Crippen molar-refractivity contribution >= 4 is 12.1 Å². The Hall–Kier alpha value is -2.08. The van der Waals surface area contributed by atoms with E-state index in [9.17, 15) is 9.59 Å². The van der Waals surface area contributed by atoms with Crippen molar-refractivity contribution in [3.05, 3.63) is 35.4 Å². The topological polar surface area (TPSA) is 90.6 Å². The summed E-state index contributed by atoms with van der Waals surface area (Å²) in [6, 6.07) is 6.34. The van der Waals surface area contributed by atoms with Gasteiger partial charge < -0.3 is 20.5 Å². The predicted octanol–water partition coefficient (Wildman–Crippen LogP) is 2.00. The number of rotatable bonds is 4. The molecule has 0 aromatic heterocycles. The van der Waals surface area contributed by atoms with Crippen LogP contribution in [0, 0.1) is 0 Å². The molecule has 0 aliphatic rings. The van der Waals surface area contributed by atoms with Crippen LogP contribution < -0.4 is 11.1 Å². The van der Waals surface area contributed by atoms with Gasteiger partial charge in [0.25, 0.3) is 0 Å². The number of methoxy groups -OCH3 is 1. The van der Waals surface area contributed by atoms with E-state index in [2.05, 4.69) is 10.1 Å². The van der Waals surface area contributed by atoms with Crippen molar-refractivity contribution in [1.29, 1.82) is 0 Å². The van der Waals surface area contributed by atoms with Crippen LogP contribution in [-0.2, 0) is 9.47 Å². The molecule has 6 heteroatoms. The Morgan fingerprint density at radius 1 is 1.24 bits per heavy atom. The Kier molecular flexibility index (Phi) is 5.72. The largest absolute Gasteiger partial charge is 0.465 e. The number of carbonyl (C=O) groups is 2. The number of benzene rings is 1. The first-order chi connectivity index (χ1) is 9.73. The van der Waals surface area contributed by atoms with E-state index in [1.165, 1.54) is 7.11 Å². The molecular formula is C15H22N2O4. The summed E-state index contributed by atoms with van der Waals surface area (Å²) in [7, 11) is 1.33. The van der Waals surface area contributed by atoms with Gasteiger partial charge in [-0.1, -0.05) is 12.1 Å². The zero-order chi connectivity index (χ0) is 16.0. The first-order valence-corrected chi connectivity index (χ1v) is 6.63. The number of ether oxygens (including phenoxy) is 2. The van der Waals surface area contributed by atoms with Crippen molar-refractivity contribution in [1.82, 2.24) is 5.32 Å². The van der Waals surface area contributed by atoms with Crippen molar-refractivity contribution in [2.24, 2.45) is 5.73 Å². The van der Waals surface area contributed by atoms with E-state index in [1.54, 1.807) is 45.0 Å². The van der Waals surface area contributed by atoms with Gasteiger partial charge in [-0.05, 0) is 38.5 Å². The van der Waals surface area contributed by atoms with Crippen LogP contribution in [0.4, 0.5) is 4.79 Å². The second-order valence-electron chi connectivity index (χ2n) is 5.60. The SMILES string of the molecule is COC(=O)c1ccc([C@@H](N)CNC(=O)OC(C)(C)C)cc1. The third-order valence-electron chi connectivity index (χ3n) is 2.63. The number of hydrogen-bond acceptors (Lipinski definition) is 5. The van der Waals surface area contributed by atoms with Gasteiger partial charge in [-0.15, -0.1) is 0 Å². The molecule has 0 aliphatic heterocycles. The zero-order valence-electron chi connectivity index (χ0n) is 12.8. The number of nitrogens with two attached hydrogens (primary N) is 1. The molecule has 1 atom stereocenters. The molecule has 0 spiro atoms. The molecule has 1 aromatic rings. The number of amides is 1. The van der Waals surface area contributed by atoms with E-state index < -0.39 is 17.7 Å². The molecule has 0 saturated heterocycles. The zero-order valence-corrected chi connectivity index (χ0v) is 12.8. The minimum atomic E-state index is -0.545. The molecule has 3 N–H and O–H groups in total. The molecule has 1 aromatic carbocycles. The van der Waals surface area contributed by atoms with Crippen molar-refractivity contribution < 1.29 is 19.1 Å². The van der Waals surface area contributed by atoms with Crippen LogP contribution in [0.3, 0.4) is 0 Å². The summed E-state index contributed by atoms with van der Waals surface area (Å²) in [6.07, 6.45) is -0.510. The van der Waals surface area contributed by atoms with Gasteiger partial charge >= 0.3 is 12.1 Å². The molecule has 0 unspecified atom stereocenters. The van der Waals surface area contributed by atoms with E-state index in [0.29, 0.717) is 5.56 Å². The second kappa shape index (κ2) is 7.08. The number of esters is 1. The first kappa shape index (κ1) is 17.0. The third kappa shape index (κ3) is 5.83. The lowest BCUT2D eigenvalue weighted by Crippen LogP contribution is -2.36. The maximum atomic E-state index is 11.5. The van der Waals surface area contributed by atoms with Crippen LogP contribution in [0.2, 0.25) is 0 Å². The van der Waals surface area contributed by atoms with E-state index in [4.69, 9.17) is 10.5 Å². The summed E-state index contributed by atoms with van der Waals surface area (Å²) in [6.45, 7) is 5.61. The highest BCUT2D eigenvalue weighted by Crippen LogP contribution is 2.12. The molecule has 1 amide bonds. The van der Waals surface area contributed by atoms with Crippen LogP contribution in [0.25, 0.3) is 0 Å². The molecule has 0 saturated carbocycles. The third-order valence-corrected chi connectivity index (χ3v) is 2.63. The molecular weight excluding hydrogens is 272 g/mol. The van der Waals surface area contributed by atoms with Gasteiger partial charge in [0.15, 0.2) is 0 Å². The van der Waals surface area contributed by atoms with Crippen LogP contribution in [-0.4, -0.2) is 31.3 Å². The Morgan fingerprint density at radius 3 is 2.29 bits per heavy atom. The highest BCUT2D eigenvalue weighted by molar-refractivity contribution is 5.89. The Balaban J connectivity index is 2.54. The van der Waals surface area contributed by atoms with Gasteiger partial charge in [-0.2, -0.15) is 0 Å². The Morgan fingerprint density at radius 2 is 1.81 bits per heavy atom. The summed E-state index contributed by atoms with van der Waals surface area (Å²) in [5.74, 6) is -0.401. The molecule has 1 rings (SSSR count). The lowest BCUT2D eigenvalue weighted by molar-refractivity contribution is 0.0523. The van der Waals surface area contributed by atoms with Crippen LogP contribution in [0.1, 0.15) is 42.7 Å². The minimum Gasteiger partial charge on any atom is -0.465 e. The van der Waals surface area contributed by atoms with E-state index in [-0.39, 0.29) is 12.6 Å². The fraction of sp³-hybridized carbons (Fsp3) is 0.467. The number of alkyl carbamates (subject to hydrolysis) is 1. The average molecular weight is 294 g/mol. The average Bonchev–Trinajstić information content (AvgIpc) is 2.42. The lowest BCUT2D eigenvalue weighted by Gasteiger charge is -2.21. The van der Waals surface area contributed by atoms with Crippen molar-refractivity contribution in [2.75, 3.05) is 13.7 Å². The number of nitrogens with one attached hydrogen (secondary N) is 1. The van der Waals surface area contributed by atoms with Crippen molar-refractivity contribution in [3.8, 4) is 0 Å². The summed E-state index contributed by atoms with van der Waals surface area (Å²) in [5, 5.41) is 2.61. The fourth-order valence-corrected chi connectivity index (χ4v) is 1.61. The summed E-state index contributed by atoms with van der Waals surface area (Å²) < 4.78 is 9.74. The summed E-state index contributed by atoms with van der Waals surface area (Å²) in [5.41, 5.74) is 6.69. The van der Waals surface area contributed by atoms with Crippen molar-refractivity contribution in [3.63, 3.8) is 0 Å². The molecule has 0 heterocycles. The molecule has 0 radical (unpaired) electrons. The first-order valence-electron chi connectivity index (χ1n) is 6.63. The van der Waals surface area contributed by atoms with E-state index in [0.717, 1.165) is 5.56 Å². The summed E-state index contributed by atoms with van der Waals surface area (Å²) >= 11 is 0. The van der Waals surface area contributed by atoms with Crippen LogP contribution >= 0.6 is 0 Å². The molecule has 0 aliphatic carbocycles. The lowest BCUT2D eigenvalue weighted by atomic mass is 10.1. The highest BCUT2D eigenvalue weighted by Gasteiger charge is 2.17. The molecule has 0 bridgehead atoms. The predicted molar refractivity (Wildman–Crippen MR) is 78.9 cm³/mol. The molecule has 116 valence electrons. The second-order valence-corrected chi connectivity index (χ2v) is 5.60. The minimum absolute atomic E-state index is 0.243. The highest BCUT2D eigenvalue weighted by atomic mass is 16.6. The van der Waals surface area contributed by atoms with Gasteiger partial charge in [0, 0.05) is 12.6 Å². The molecule has 0 fully saturated rings. The van der Waals surface area contributed by atoms with Gasteiger partial charge in [-0.3, -0.25) is 0 Å². The van der Waals surface area contributed by atoms with Gasteiger partial charge in [-0.25, -0.2) is 9.59 Å². The Labute approximate surface area is 124 Å². The normalized spacial score (nSPS) is 12.4. The summed E-state index contributed by atoms with van der Waals surface area (Å²) in [4.78, 5) is 22.8. The van der Waals surface area contributed by atoms with Gasteiger partial charge in [0.1, 0.15) is 5.60 Å². The number of carbonyl (C=O) groups excluding carboxylic acids is 2. The maximum Gasteiger partial charge on any atom is 0.407 e. The van der Waals surface area contributed by atoms with Crippen LogP contribution in [0.15, 0.2) is 24.3 Å². The maximum absolute atomic E-state index is 11.5. The number of hydrogen-bond donors (Lipinski definition) is 2. The Bertz CT molecular complexity index is 491. The molecule has 6 nitrogen and oxygen atoms in total. The standard InChI is InChI=1S/C15H22N2O4/c1-15(2,3)21-14(19)17-9-12(16)10-5-7-11(8-6-10)13(18)20-4/h5-8,12H,9,16H2,1-4H3,(H,17,19)/t12-/m0/s1. The van der Waals surface area contributed by atoms with E-state index >= 15 is 0 Å².